The maximum absolute atomic E-state index is 14.7. The molecule has 0 saturated carbocycles. The second kappa shape index (κ2) is 18.5. The molecule has 3 aromatic rings. The Labute approximate surface area is 311 Å². The van der Waals surface area contributed by atoms with Crippen LogP contribution in [0, 0.1) is 5.41 Å². The van der Waals surface area contributed by atoms with Crippen LogP contribution in [0.1, 0.15) is 70.9 Å². The second-order valence-corrected chi connectivity index (χ2v) is 17.8. The number of ether oxygens (including phenoxy) is 1. The van der Waals surface area contributed by atoms with Gasteiger partial charge in [0.1, 0.15) is 23.0 Å². The Kier molecular flexibility index (Phi) is 14.4. The van der Waals surface area contributed by atoms with Crippen molar-refractivity contribution < 1.29 is 33.6 Å². The van der Waals surface area contributed by atoms with Crippen molar-refractivity contribution >= 4 is 59.6 Å². The van der Waals surface area contributed by atoms with Crippen LogP contribution in [0.5, 0.6) is 11.5 Å². The molecule has 1 aliphatic rings. The maximum Gasteiger partial charge on any atom is 0.258 e. The van der Waals surface area contributed by atoms with E-state index in [-0.39, 0.29) is 24.1 Å². The third-order valence-electron chi connectivity index (χ3n) is 9.45. The van der Waals surface area contributed by atoms with E-state index in [9.17, 15) is 28.8 Å². The number of amides is 4. The molecule has 4 rings (SSSR count). The van der Waals surface area contributed by atoms with Gasteiger partial charge in [0.25, 0.3) is 5.91 Å². The number of fused-ring (bicyclic) bond motifs is 1. The fraction of sp³-hybridized carbons (Fsp3) is 0.436. The molecule has 3 aromatic carbocycles. The minimum Gasteiger partial charge on any atom is -0.508 e. The van der Waals surface area contributed by atoms with Gasteiger partial charge >= 0.3 is 0 Å². The molecule has 1 unspecified atom stereocenters. The van der Waals surface area contributed by atoms with Crippen molar-refractivity contribution in [1.82, 2.24) is 10.6 Å². The number of para-hydroxylation sites is 1. The number of unbranched alkanes of at least 4 members (excludes halogenated alkanes) is 2. The third kappa shape index (κ3) is 9.77. The number of carbonyl (C=O) groups is 4. The van der Waals surface area contributed by atoms with Crippen LogP contribution < -0.4 is 25.6 Å². The number of aromatic hydroxyl groups is 1. The van der Waals surface area contributed by atoms with Crippen LogP contribution in [0.4, 0.5) is 17.1 Å². The SMILES string of the molecule is CCCCC1(CCCC)C(=O)Nc2cc(OCC(=O)N[C@@H](C(=O)NCCP(C)(=O)CC)c3ccc(O)cc3)c(SC)cc2N(c2ccccc2)C1=O. The quantitative estimate of drug-likeness (QED) is 0.0594. The van der Waals surface area contributed by atoms with Crippen LogP contribution in [-0.4, -0.2) is 67.1 Å². The highest BCUT2D eigenvalue weighted by molar-refractivity contribution is 7.98. The Morgan fingerprint density at radius 3 is 2.25 bits per heavy atom. The molecule has 0 radical (unpaired) electrons. The summed E-state index contributed by atoms with van der Waals surface area (Å²) >= 11 is 1.37. The number of phenols is 1. The molecule has 4 N–H and O–H groups in total. The highest BCUT2D eigenvalue weighted by Crippen LogP contribution is 2.48. The van der Waals surface area contributed by atoms with Crippen molar-refractivity contribution in [2.75, 3.05) is 48.6 Å². The Balaban J connectivity index is 1.64. The van der Waals surface area contributed by atoms with E-state index in [1.807, 2.05) is 57.4 Å². The summed E-state index contributed by atoms with van der Waals surface area (Å²) in [4.78, 5) is 57.8. The number of nitrogens with zero attached hydrogens (tertiary/aromatic N) is 1. The number of hydrogen-bond acceptors (Lipinski definition) is 8. The van der Waals surface area contributed by atoms with E-state index >= 15 is 0 Å². The predicted molar refractivity (Wildman–Crippen MR) is 208 cm³/mol. The van der Waals surface area contributed by atoms with Gasteiger partial charge in [0.2, 0.25) is 17.7 Å². The molecule has 0 fully saturated rings. The molecular formula is C39H51N4O7PS. The zero-order valence-corrected chi connectivity index (χ0v) is 32.4. The van der Waals surface area contributed by atoms with Crippen molar-refractivity contribution in [3.63, 3.8) is 0 Å². The van der Waals surface area contributed by atoms with E-state index in [4.69, 9.17) is 4.74 Å². The zero-order valence-electron chi connectivity index (χ0n) is 30.7. The third-order valence-corrected chi connectivity index (χ3v) is 12.7. The van der Waals surface area contributed by atoms with Crippen LogP contribution in [0.2, 0.25) is 0 Å². The van der Waals surface area contributed by atoms with Gasteiger partial charge in [0, 0.05) is 24.5 Å². The molecule has 2 atom stereocenters. The van der Waals surface area contributed by atoms with Crippen molar-refractivity contribution in [3.05, 3.63) is 72.3 Å². The van der Waals surface area contributed by atoms with Gasteiger partial charge in [-0.05, 0) is 67.8 Å². The van der Waals surface area contributed by atoms with Crippen LogP contribution in [0.3, 0.4) is 0 Å². The average molecular weight is 751 g/mol. The Morgan fingerprint density at radius 2 is 1.65 bits per heavy atom. The normalized spacial score (nSPS) is 15.4. The first-order chi connectivity index (χ1) is 24.9. The molecule has 52 heavy (non-hydrogen) atoms. The molecule has 1 aliphatic heterocycles. The van der Waals surface area contributed by atoms with E-state index in [2.05, 4.69) is 16.0 Å². The summed E-state index contributed by atoms with van der Waals surface area (Å²) in [6.07, 6.45) is 6.61. The first-order valence-electron chi connectivity index (χ1n) is 17.9. The number of carbonyl (C=O) groups excluding carboxylic acids is 4. The summed E-state index contributed by atoms with van der Waals surface area (Å²) in [6.45, 7) is 7.34. The van der Waals surface area contributed by atoms with Crippen LogP contribution in [0.25, 0.3) is 0 Å². The Bertz CT molecular complexity index is 1760. The van der Waals surface area contributed by atoms with Gasteiger partial charge in [-0.15, -0.1) is 11.8 Å². The van der Waals surface area contributed by atoms with Gasteiger partial charge in [-0.3, -0.25) is 24.1 Å². The lowest BCUT2D eigenvalue weighted by Crippen LogP contribution is -2.47. The van der Waals surface area contributed by atoms with Crippen molar-refractivity contribution in [2.24, 2.45) is 5.41 Å². The molecule has 0 saturated heterocycles. The number of nitrogens with one attached hydrogen (secondary N) is 3. The van der Waals surface area contributed by atoms with Crippen LogP contribution in [-0.2, 0) is 23.7 Å². The minimum atomic E-state index is -2.38. The van der Waals surface area contributed by atoms with Gasteiger partial charge in [0.15, 0.2) is 6.61 Å². The number of hydrogen-bond donors (Lipinski definition) is 4. The highest BCUT2D eigenvalue weighted by Gasteiger charge is 2.50. The molecule has 280 valence electrons. The molecule has 0 aromatic heterocycles. The van der Waals surface area contributed by atoms with E-state index in [0.717, 1.165) is 12.8 Å². The lowest BCUT2D eigenvalue weighted by Gasteiger charge is -2.33. The average Bonchev–Trinajstić information content (AvgIpc) is 3.22. The molecule has 1 heterocycles. The maximum atomic E-state index is 14.7. The van der Waals surface area contributed by atoms with E-state index in [1.165, 1.54) is 23.9 Å². The summed E-state index contributed by atoms with van der Waals surface area (Å²) in [5.74, 6) is -1.39. The molecule has 0 bridgehead atoms. The smallest absolute Gasteiger partial charge is 0.258 e. The number of phenolic OH excluding ortho intramolecular Hbond substituents is 1. The fourth-order valence-corrected chi connectivity index (χ4v) is 7.56. The first kappa shape index (κ1) is 40.5. The van der Waals surface area contributed by atoms with Crippen molar-refractivity contribution in [2.45, 2.75) is 70.2 Å². The molecule has 11 nitrogen and oxygen atoms in total. The van der Waals surface area contributed by atoms with Gasteiger partial charge in [0.05, 0.1) is 23.4 Å². The summed E-state index contributed by atoms with van der Waals surface area (Å²) in [6, 6.07) is 17.5. The van der Waals surface area contributed by atoms with Gasteiger partial charge < -0.3 is 30.4 Å². The van der Waals surface area contributed by atoms with Gasteiger partial charge in [-0.2, -0.15) is 0 Å². The van der Waals surface area contributed by atoms with Crippen molar-refractivity contribution in [3.8, 4) is 11.5 Å². The number of thioether (sulfide) groups is 1. The number of rotatable bonds is 18. The van der Waals surface area contributed by atoms with Gasteiger partial charge in [-0.25, -0.2) is 0 Å². The Morgan fingerprint density at radius 1 is 1.00 bits per heavy atom. The summed E-state index contributed by atoms with van der Waals surface area (Å²) < 4.78 is 18.6. The molecule has 13 heteroatoms. The number of anilines is 3. The Hall–Kier alpha value is -4.28. The predicted octanol–water partition coefficient (Wildman–Crippen LogP) is 7.46. The molecule has 0 spiro atoms. The number of benzene rings is 3. The second-order valence-electron chi connectivity index (χ2n) is 13.2. The molecule has 0 aliphatic carbocycles. The molecular weight excluding hydrogens is 699 g/mol. The van der Waals surface area contributed by atoms with Crippen molar-refractivity contribution in [1.29, 1.82) is 0 Å². The lowest BCUT2D eigenvalue weighted by atomic mass is 9.76. The summed E-state index contributed by atoms with van der Waals surface area (Å²) in [7, 11) is -2.38. The molecule has 4 amide bonds. The van der Waals surface area contributed by atoms with Crippen LogP contribution in [0.15, 0.2) is 71.6 Å². The highest BCUT2D eigenvalue weighted by atomic mass is 32.2. The largest absolute Gasteiger partial charge is 0.508 e. The lowest BCUT2D eigenvalue weighted by molar-refractivity contribution is -0.139. The monoisotopic (exact) mass is 750 g/mol. The van der Waals surface area contributed by atoms with E-state index in [1.54, 1.807) is 35.8 Å². The first-order valence-corrected chi connectivity index (χ1v) is 21.6. The minimum absolute atomic E-state index is 0.00725. The van der Waals surface area contributed by atoms with Crippen LogP contribution >= 0.6 is 18.9 Å². The summed E-state index contributed by atoms with van der Waals surface area (Å²) in [5, 5.41) is 18.4. The topological polar surface area (TPSA) is 154 Å². The van der Waals surface area contributed by atoms with E-state index in [0.29, 0.717) is 71.3 Å². The van der Waals surface area contributed by atoms with Gasteiger partial charge in [-0.1, -0.05) is 76.8 Å². The zero-order chi connectivity index (χ0) is 37.9. The van der Waals surface area contributed by atoms with E-state index < -0.39 is 37.0 Å². The summed E-state index contributed by atoms with van der Waals surface area (Å²) in [5.41, 5.74) is 0.695. The standard InChI is InChI=1S/C39H51N4O7PS/c1-6-9-20-39(21-10-7-2)37(47)41-30-24-32(33(52-5)25-31(30)43(38(39)48)28-14-12-11-13-15-28)50-26-34(45)42-35(27-16-18-29(44)19-17-27)36(46)40-22-23-51(4,49)8-3/h11-19,24-25,35,44H,6-10,20-23,26H2,1-5H3,(H,40,46)(H,41,47)(H,42,45)/t35-,51?/m1/s1. The fourth-order valence-electron chi connectivity index (χ4n) is 6.11.